The van der Waals surface area contributed by atoms with Gasteiger partial charge in [0.2, 0.25) is 0 Å². The monoisotopic (exact) mass is 563 g/mol. The van der Waals surface area contributed by atoms with Crippen molar-refractivity contribution >= 4 is 40.2 Å². The standard InChI is InChI=1S/C30H29N9O3/c1-19(40)13-20-3-6-24(7-4-20)34-30(41)36-26-8-5-21(15-31-26)28-35-25-14-22(23-17-33-38(2)18-23)16-32-27(25)29(37-28)39-9-11-42-12-10-39/h3-8,14-18H,9-13H2,1-2H3,(H2,31,34,36,41). The van der Waals surface area contributed by atoms with Crippen molar-refractivity contribution in [3.8, 4) is 22.5 Å². The largest absolute Gasteiger partial charge is 0.378 e. The minimum Gasteiger partial charge on any atom is -0.378 e. The molecular formula is C30H29N9O3. The number of nitrogens with zero attached hydrogens (tertiary/aromatic N) is 7. The predicted molar refractivity (Wildman–Crippen MR) is 159 cm³/mol. The normalized spacial score (nSPS) is 13.2. The van der Waals surface area contributed by atoms with Crippen molar-refractivity contribution < 1.29 is 14.3 Å². The zero-order valence-corrected chi connectivity index (χ0v) is 23.2. The van der Waals surface area contributed by atoms with Gasteiger partial charge in [0.15, 0.2) is 11.6 Å². The van der Waals surface area contributed by atoms with Crippen molar-refractivity contribution in [3.63, 3.8) is 0 Å². The molecule has 1 aliphatic rings. The molecule has 0 saturated carbocycles. The van der Waals surface area contributed by atoms with E-state index in [-0.39, 0.29) is 5.78 Å². The number of fused-ring (bicyclic) bond motifs is 1. The molecule has 4 aromatic heterocycles. The highest BCUT2D eigenvalue weighted by Gasteiger charge is 2.20. The minimum atomic E-state index is -0.430. The molecule has 0 spiro atoms. The smallest absolute Gasteiger partial charge is 0.324 e. The minimum absolute atomic E-state index is 0.0838. The molecule has 0 radical (unpaired) electrons. The summed E-state index contributed by atoms with van der Waals surface area (Å²) in [4.78, 5) is 44.9. The topological polar surface area (TPSA) is 140 Å². The Bertz CT molecular complexity index is 1740. The third-order valence-electron chi connectivity index (χ3n) is 6.79. The van der Waals surface area contributed by atoms with Gasteiger partial charge < -0.3 is 15.0 Å². The molecule has 12 heteroatoms. The van der Waals surface area contributed by atoms with Gasteiger partial charge >= 0.3 is 6.03 Å². The molecule has 0 unspecified atom stereocenters. The molecule has 5 heterocycles. The van der Waals surface area contributed by atoms with E-state index < -0.39 is 6.03 Å². The van der Waals surface area contributed by atoms with Gasteiger partial charge in [-0.1, -0.05) is 12.1 Å². The van der Waals surface area contributed by atoms with Crippen LogP contribution in [-0.2, 0) is 23.0 Å². The first-order chi connectivity index (χ1) is 20.4. The Labute approximate surface area is 241 Å². The molecule has 2 amide bonds. The van der Waals surface area contributed by atoms with Gasteiger partial charge in [-0.15, -0.1) is 0 Å². The highest BCUT2D eigenvalue weighted by molar-refractivity contribution is 5.99. The molecule has 2 N–H and O–H groups in total. The van der Waals surface area contributed by atoms with Gasteiger partial charge in [0.05, 0.1) is 24.9 Å². The fourth-order valence-electron chi connectivity index (χ4n) is 4.73. The number of morpholine rings is 1. The van der Waals surface area contributed by atoms with E-state index in [0.29, 0.717) is 66.7 Å². The molecule has 6 rings (SSSR count). The van der Waals surface area contributed by atoms with Gasteiger partial charge in [0, 0.05) is 67.5 Å². The van der Waals surface area contributed by atoms with Crippen molar-refractivity contribution in [2.24, 2.45) is 7.05 Å². The highest BCUT2D eigenvalue weighted by atomic mass is 16.5. The Balaban J connectivity index is 1.24. The number of carbonyl (C=O) groups excluding carboxylic acids is 2. The first-order valence-corrected chi connectivity index (χ1v) is 13.5. The van der Waals surface area contributed by atoms with Crippen LogP contribution in [0.3, 0.4) is 0 Å². The number of hydrogen-bond acceptors (Lipinski definition) is 9. The number of anilines is 3. The fourth-order valence-corrected chi connectivity index (χ4v) is 4.73. The lowest BCUT2D eigenvalue weighted by atomic mass is 10.1. The molecule has 1 aromatic carbocycles. The summed E-state index contributed by atoms with van der Waals surface area (Å²) in [7, 11) is 1.87. The molecule has 12 nitrogen and oxygen atoms in total. The average molecular weight is 564 g/mol. The number of hydrogen-bond donors (Lipinski definition) is 2. The van der Waals surface area contributed by atoms with E-state index in [0.717, 1.165) is 22.5 Å². The van der Waals surface area contributed by atoms with Crippen molar-refractivity contribution in [2.45, 2.75) is 13.3 Å². The number of nitrogens with one attached hydrogen (secondary N) is 2. The number of urea groups is 1. The van der Waals surface area contributed by atoms with Crippen LogP contribution in [0.1, 0.15) is 12.5 Å². The van der Waals surface area contributed by atoms with Crippen LogP contribution in [0.2, 0.25) is 0 Å². The van der Waals surface area contributed by atoms with Crippen LogP contribution in [0.15, 0.2) is 67.3 Å². The lowest BCUT2D eigenvalue weighted by Gasteiger charge is -2.28. The lowest BCUT2D eigenvalue weighted by molar-refractivity contribution is -0.116. The van der Waals surface area contributed by atoms with Crippen molar-refractivity contribution in [3.05, 3.63) is 72.8 Å². The number of amides is 2. The van der Waals surface area contributed by atoms with E-state index in [2.05, 4.69) is 25.6 Å². The molecule has 212 valence electrons. The van der Waals surface area contributed by atoms with Crippen LogP contribution in [-0.4, -0.2) is 67.8 Å². The number of Topliss-reactive ketones (excluding diaryl/α,β-unsaturated/α-hetero) is 1. The summed E-state index contributed by atoms with van der Waals surface area (Å²) in [6, 6.07) is 12.2. The van der Waals surface area contributed by atoms with Gasteiger partial charge in [0.25, 0.3) is 0 Å². The van der Waals surface area contributed by atoms with E-state index in [1.807, 2.05) is 43.7 Å². The Morgan fingerprint density at radius 2 is 1.69 bits per heavy atom. The maximum atomic E-state index is 12.5. The Morgan fingerprint density at radius 1 is 0.905 bits per heavy atom. The second-order valence-corrected chi connectivity index (χ2v) is 10.1. The third-order valence-corrected chi connectivity index (χ3v) is 6.79. The SMILES string of the molecule is CC(=O)Cc1ccc(NC(=O)Nc2ccc(-c3nc(N4CCOCC4)c4ncc(-c5cnn(C)c5)cc4n3)cn2)cc1. The van der Waals surface area contributed by atoms with Gasteiger partial charge in [0.1, 0.15) is 17.1 Å². The first-order valence-electron chi connectivity index (χ1n) is 13.5. The summed E-state index contributed by atoms with van der Waals surface area (Å²) in [5, 5.41) is 9.79. The summed E-state index contributed by atoms with van der Waals surface area (Å²) in [6.07, 6.45) is 7.54. The second-order valence-electron chi connectivity index (χ2n) is 10.1. The molecule has 0 atom stereocenters. The van der Waals surface area contributed by atoms with E-state index in [1.165, 1.54) is 0 Å². The zero-order valence-electron chi connectivity index (χ0n) is 23.2. The molecule has 0 aliphatic carbocycles. The highest BCUT2D eigenvalue weighted by Crippen LogP contribution is 2.30. The summed E-state index contributed by atoms with van der Waals surface area (Å²) >= 11 is 0. The summed E-state index contributed by atoms with van der Waals surface area (Å²) < 4.78 is 7.30. The number of benzene rings is 1. The van der Waals surface area contributed by atoms with Crippen LogP contribution in [0.5, 0.6) is 0 Å². The average Bonchev–Trinajstić information content (AvgIpc) is 3.44. The number of ketones is 1. The van der Waals surface area contributed by atoms with Crippen LogP contribution < -0.4 is 15.5 Å². The Kier molecular flexibility index (Phi) is 7.52. The lowest BCUT2D eigenvalue weighted by Crippen LogP contribution is -2.37. The number of aromatic nitrogens is 6. The van der Waals surface area contributed by atoms with Gasteiger partial charge in [-0.05, 0) is 42.8 Å². The van der Waals surface area contributed by atoms with Gasteiger partial charge in [-0.3, -0.25) is 19.8 Å². The summed E-state index contributed by atoms with van der Waals surface area (Å²) in [5.74, 6) is 1.70. The van der Waals surface area contributed by atoms with Crippen LogP contribution in [0.25, 0.3) is 33.5 Å². The zero-order chi connectivity index (χ0) is 29.1. The summed E-state index contributed by atoms with van der Waals surface area (Å²) in [5.41, 5.74) is 5.47. The van der Waals surface area contributed by atoms with E-state index in [4.69, 9.17) is 19.7 Å². The Morgan fingerprint density at radius 3 is 2.38 bits per heavy atom. The third kappa shape index (κ3) is 6.08. The fraction of sp³-hybridized carbons (Fsp3) is 0.233. The second kappa shape index (κ2) is 11.7. The number of carbonyl (C=O) groups is 2. The molecular weight excluding hydrogens is 534 g/mol. The van der Waals surface area contributed by atoms with Gasteiger partial charge in [-0.2, -0.15) is 5.10 Å². The van der Waals surface area contributed by atoms with Crippen molar-refractivity contribution in [1.82, 2.24) is 29.7 Å². The van der Waals surface area contributed by atoms with Gasteiger partial charge in [-0.25, -0.2) is 19.7 Å². The maximum absolute atomic E-state index is 12.5. The molecule has 1 fully saturated rings. The molecule has 0 bridgehead atoms. The van der Waals surface area contributed by atoms with E-state index >= 15 is 0 Å². The maximum Gasteiger partial charge on any atom is 0.324 e. The number of ether oxygens (including phenoxy) is 1. The molecule has 1 aliphatic heterocycles. The quantitative estimate of drug-likeness (QED) is 0.299. The first kappa shape index (κ1) is 27.0. The van der Waals surface area contributed by atoms with Crippen molar-refractivity contribution in [1.29, 1.82) is 0 Å². The predicted octanol–water partition coefficient (Wildman–Crippen LogP) is 4.10. The number of rotatable bonds is 7. The van der Waals surface area contributed by atoms with Crippen LogP contribution in [0, 0.1) is 0 Å². The van der Waals surface area contributed by atoms with Crippen LogP contribution >= 0.6 is 0 Å². The van der Waals surface area contributed by atoms with E-state index in [9.17, 15) is 9.59 Å². The number of pyridine rings is 2. The Hall–Kier alpha value is -5.23. The molecule has 5 aromatic rings. The number of aryl methyl sites for hydroxylation is 1. The van der Waals surface area contributed by atoms with Crippen molar-refractivity contribution in [2.75, 3.05) is 41.8 Å². The molecule has 42 heavy (non-hydrogen) atoms. The van der Waals surface area contributed by atoms with E-state index in [1.54, 1.807) is 42.2 Å². The molecule has 1 saturated heterocycles. The van der Waals surface area contributed by atoms with Crippen LogP contribution in [0.4, 0.5) is 22.1 Å². The summed E-state index contributed by atoms with van der Waals surface area (Å²) in [6.45, 7) is 4.17.